The molecule has 0 amide bonds. The second-order valence-electron chi connectivity index (χ2n) is 6.43. The highest BCUT2D eigenvalue weighted by Gasteiger charge is 2.38. The fraction of sp³-hybridized carbons (Fsp3) is 0.318. The van der Waals surface area contributed by atoms with E-state index in [4.69, 9.17) is 9.47 Å². The molecule has 3 rings (SSSR count). The summed E-state index contributed by atoms with van der Waals surface area (Å²) in [6.45, 7) is 2.38. The summed E-state index contributed by atoms with van der Waals surface area (Å²) >= 11 is 1.31. The Morgan fingerprint density at radius 1 is 1.14 bits per heavy atom. The summed E-state index contributed by atoms with van der Waals surface area (Å²) in [5, 5.41) is 10.4. The van der Waals surface area contributed by atoms with Gasteiger partial charge in [-0.1, -0.05) is 60.7 Å². The number of hydrogen-bond donors (Lipinski definition) is 1. The van der Waals surface area contributed by atoms with Gasteiger partial charge in [0, 0.05) is 30.0 Å². The molecule has 1 unspecified atom stereocenters. The first-order valence-corrected chi connectivity index (χ1v) is 10.2. The number of esters is 1. The van der Waals surface area contributed by atoms with E-state index in [1.54, 1.807) is 0 Å². The lowest BCUT2D eigenvalue weighted by Gasteiger charge is -2.41. The lowest BCUT2D eigenvalue weighted by Crippen LogP contribution is -2.49. The van der Waals surface area contributed by atoms with Gasteiger partial charge in [-0.3, -0.25) is 4.90 Å². The zero-order chi connectivity index (χ0) is 19.8. The molecule has 1 N–H and O–H groups in total. The molecule has 28 heavy (non-hydrogen) atoms. The predicted octanol–water partition coefficient (Wildman–Crippen LogP) is 3.11. The second-order valence-corrected chi connectivity index (χ2v) is 7.58. The van der Waals surface area contributed by atoms with Gasteiger partial charge in [0.2, 0.25) is 0 Å². The third-order valence-electron chi connectivity index (χ3n) is 4.61. The monoisotopic (exact) mass is 399 g/mol. The van der Waals surface area contributed by atoms with Crippen LogP contribution in [0.4, 0.5) is 0 Å². The minimum absolute atomic E-state index is 0.310. The number of hydrogen-bond acceptors (Lipinski definition) is 6. The van der Waals surface area contributed by atoms with Crippen molar-refractivity contribution in [2.24, 2.45) is 0 Å². The van der Waals surface area contributed by atoms with Crippen molar-refractivity contribution in [2.75, 3.05) is 39.2 Å². The Kier molecular flexibility index (Phi) is 7.28. The van der Waals surface area contributed by atoms with Crippen LogP contribution in [0.2, 0.25) is 0 Å². The van der Waals surface area contributed by atoms with Gasteiger partial charge < -0.3 is 14.6 Å². The molecule has 1 atom stereocenters. The molecule has 1 aliphatic heterocycles. The Bertz CT molecular complexity index is 791. The molecule has 0 aliphatic carbocycles. The normalized spacial score (nSPS) is 17.7. The summed E-state index contributed by atoms with van der Waals surface area (Å²) < 4.78 is 10.4. The van der Waals surface area contributed by atoms with Gasteiger partial charge in [-0.05, 0) is 11.6 Å². The van der Waals surface area contributed by atoms with Gasteiger partial charge in [-0.25, -0.2) is 4.79 Å². The highest BCUT2D eigenvalue weighted by atomic mass is 32.2. The van der Waals surface area contributed by atoms with E-state index >= 15 is 0 Å². The van der Waals surface area contributed by atoms with E-state index in [2.05, 4.69) is 0 Å². The first kappa shape index (κ1) is 20.6. The van der Waals surface area contributed by atoms with Gasteiger partial charge >= 0.3 is 5.97 Å². The molecule has 0 aromatic heterocycles. The molecule has 1 aliphatic rings. The van der Waals surface area contributed by atoms with Crippen molar-refractivity contribution in [3.63, 3.8) is 0 Å². The van der Waals surface area contributed by atoms with Crippen LogP contribution in [0.1, 0.15) is 11.1 Å². The van der Waals surface area contributed by atoms with Crippen LogP contribution in [0.15, 0.2) is 66.2 Å². The van der Waals surface area contributed by atoms with Crippen LogP contribution in [0.3, 0.4) is 0 Å². The fourth-order valence-corrected chi connectivity index (χ4v) is 4.32. The van der Waals surface area contributed by atoms with Crippen LogP contribution in [-0.2, 0) is 19.3 Å². The minimum atomic E-state index is -1.26. The maximum atomic E-state index is 12.3. The van der Waals surface area contributed by atoms with Gasteiger partial charge in [-0.2, -0.15) is 0 Å². The number of nitrogens with zero attached hydrogens (tertiary/aromatic N) is 1. The molecule has 2 aromatic rings. The number of thioether (sulfide) groups is 1. The first-order valence-electron chi connectivity index (χ1n) is 9.22. The number of morpholine rings is 1. The van der Waals surface area contributed by atoms with Crippen LogP contribution in [0.25, 0.3) is 6.08 Å². The number of benzene rings is 2. The Morgan fingerprint density at radius 2 is 1.75 bits per heavy atom. The van der Waals surface area contributed by atoms with Crippen LogP contribution in [0, 0.1) is 0 Å². The van der Waals surface area contributed by atoms with Gasteiger partial charge in [0.15, 0.2) is 5.06 Å². The smallest absolute Gasteiger partial charge is 0.334 e. The number of carbonyl (C=O) groups excluding carboxylic acids is 1. The summed E-state index contributed by atoms with van der Waals surface area (Å²) in [7, 11) is 1.37. The van der Waals surface area contributed by atoms with Crippen LogP contribution >= 0.6 is 11.8 Å². The molecule has 0 bridgehead atoms. The SMILES string of the molecule is COC(=O)/C(=C/c1ccccc1)CSC(O)(c1ccccc1)N1CCOCC1. The largest absolute Gasteiger partial charge is 0.466 e. The van der Waals surface area contributed by atoms with Crippen LogP contribution < -0.4 is 0 Å². The zero-order valence-corrected chi connectivity index (χ0v) is 16.7. The van der Waals surface area contributed by atoms with Gasteiger partial charge in [-0.15, -0.1) is 11.8 Å². The predicted molar refractivity (Wildman–Crippen MR) is 112 cm³/mol. The molecule has 0 spiro atoms. The first-order chi connectivity index (χ1) is 13.6. The Labute approximate surface area is 170 Å². The molecular formula is C22H25NO4S. The average Bonchev–Trinajstić information content (AvgIpc) is 2.77. The molecule has 0 saturated carbocycles. The minimum Gasteiger partial charge on any atom is -0.466 e. The number of methoxy groups -OCH3 is 1. The topological polar surface area (TPSA) is 59.0 Å². The quantitative estimate of drug-likeness (QED) is 0.439. The third-order valence-corrected chi connectivity index (χ3v) is 5.96. The Balaban J connectivity index is 1.86. The molecule has 2 aromatic carbocycles. The van der Waals surface area contributed by atoms with Crippen molar-refractivity contribution in [1.29, 1.82) is 0 Å². The van der Waals surface area contributed by atoms with E-state index < -0.39 is 11.0 Å². The molecule has 5 nitrogen and oxygen atoms in total. The van der Waals surface area contributed by atoms with Crippen molar-refractivity contribution >= 4 is 23.8 Å². The van der Waals surface area contributed by atoms with E-state index in [0.29, 0.717) is 37.6 Å². The second kappa shape index (κ2) is 9.89. The molecule has 1 saturated heterocycles. The van der Waals surface area contributed by atoms with Crippen molar-refractivity contribution in [3.05, 3.63) is 77.4 Å². The van der Waals surface area contributed by atoms with Crippen molar-refractivity contribution in [1.82, 2.24) is 4.90 Å². The molecule has 6 heteroatoms. The summed E-state index contributed by atoms with van der Waals surface area (Å²) in [5.41, 5.74) is 2.20. The number of aliphatic hydroxyl groups is 1. The molecule has 1 fully saturated rings. The Hall–Kier alpha value is -2.12. The maximum absolute atomic E-state index is 12.3. The van der Waals surface area contributed by atoms with E-state index in [1.807, 2.05) is 71.6 Å². The molecule has 148 valence electrons. The summed E-state index contributed by atoms with van der Waals surface area (Å²) in [4.78, 5) is 14.3. The van der Waals surface area contributed by atoms with E-state index in [-0.39, 0.29) is 0 Å². The standard InChI is InChI=1S/C22H25NO4S/c1-26-21(24)19(16-18-8-4-2-5-9-18)17-28-22(25,20-10-6-3-7-11-20)23-12-14-27-15-13-23/h2-11,16,25H,12-15,17H2,1H3/b19-16+. The van der Waals surface area contributed by atoms with Crippen molar-refractivity contribution in [3.8, 4) is 0 Å². The summed E-state index contributed by atoms with van der Waals surface area (Å²) in [5.74, 6) is -0.0848. The molecule has 1 heterocycles. The van der Waals surface area contributed by atoms with E-state index in [1.165, 1.54) is 18.9 Å². The van der Waals surface area contributed by atoms with Crippen molar-refractivity contribution < 1.29 is 19.4 Å². The van der Waals surface area contributed by atoms with Crippen LogP contribution in [0.5, 0.6) is 0 Å². The lowest BCUT2D eigenvalue weighted by molar-refractivity contribution is -0.135. The lowest BCUT2D eigenvalue weighted by atomic mass is 10.1. The third kappa shape index (κ3) is 5.02. The van der Waals surface area contributed by atoms with Gasteiger partial charge in [0.1, 0.15) is 0 Å². The maximum Gasteiger partial charge on any atom is 0.334 e. The van der Waals surface area contributed by atoms with Gasteiger partial charge in [0.05, 0.1) is 20.3 Å². The summed E-state index contributed by atoms with van der Waals surface area (Å²) in [6, 6.07) is 19.2. The van der Waals surface area contributed by atoms with E-state index in [0.717, 1.165) is 11.1 Å². The average molecular weight is 400 g/mol. The highest BCUT2D eigenvalue weighted by molar-refractivity contribution is 8.00. The van der Waals surface area contributed by atoms with Gasteiger partial charge in [0.25, 0.3) is 0 Å². The van der Waals surface area contributed by atoms with Crippen molar-refractivity contribution in [2.45, 2.75) is 5.06 Å². The number of carbonyl (C=O) groups is 1. The number of rotatable bonds is 7. The van der Waals surface area contributed by atoms with Crippen LogP contribution in [-0.4, -0.2) is 55.1 Å². The highest BCUT2D eigenvalue weighted by Crippen LogP contribution is 2.39. The molecule has 0 radical (unpaired) electrons. The fourth-order valence-electron chi connectivity index (χ4n) is 3.10. The summed E-state index contributed by atoms with van der Waals surface area (Å²) in [6.07, 6.45) is 1.81. The molecular weight excluding hydrogens is 374 g/mol. The zero-order valence-electron chi connectivity index (χ0n) is 15.9. The van der Waals surface area contributed by atoms with E-state index in [9.17, 15) is 9.90 Å². The Morgan fingerprint density at radius 3 is 2.36 bits per heavy atom. The number of ether oxygens (including phenoxy) is 2.